The first-order chi connectivity index (χ1) is 8.22. The van der Waals surface area contributed by atoms with E-state index < -0.39 is 0 Å². The molecule has 1 aromatic rings. The summed E-state index contributed by atoms with van der Waals surface area (Å²) in [6.07, 6.45) is 5.88. The van der Waals surface area contributed by atoms with Crippen LogP contribution in [0.1, 0.15) is 31.7 Å². The standard InChI is InChI=1S/C12H17N3OS/c1-2-3-6-11(16)15-12(17)14-9-10-5-4-7-13-8-10/h4-5,7-8H,2-3,6,9H2,1H3,(H2,14,15,16,17). The minimum absolute atomic E-state index is 0.0319. The van der Waals surface area contributed by atoms with Gasteiger partial charge in [-0.3, -0.25) is 9.78 Å². The van der Waals surface area contributed by atoms with Crippen molar-refractivity contribution in [3.63, 3.8) is 0 Å². The first kappa shape index (κ1) is 13.6. The fourth-order valence-corrected chi connectivity index (χ4v) is 1.44. The van der Waals surface area contributed by atoms with Crippen molar-refractivity contribution in [1.29, 1.82) is 0 Å². The lowest BCUT2D eigenvalue weighted by atomic mass is 10.2. The minimum Gasteiger partial charge on any atom is -0.358 e. The third kappa shape index (κ3) is 5.97. The number of nitrogens with one attached hydrogen (secondary N) is 2. The van der Waals surface area contributed by atoms with Gasteiger partial charge in [-0.25, -0.2) is 0 Å². The summed E-state index contributed by atoms with van der Waals surface area (Å²) in [5.74, 6) is -0.0319. The number of unbranched alkanes of at least 4 members (excludes halogenated alkanes) is 1. The molecule has 1 heterocycles. The number of hydrogen-bond acceptors (Lipinski definition) is 3. The molecular formula is C12H17N3OS. The van der Waals surface area contributed by atoms with Crippen LogP contribution in [0.4, 0.5) is 0 Å². The predicted octanol–water partition coefficient (Wildman–Crippen LogP) is 1.76. The van der Waals surface area contributed by atoms with Crippen LogP contribution < -0.4 is 10.6 Å². The number of aromatic nitrogens is 1. The molecule has 5 heteroatoms. The lowest BCUT2D eigenvalue weighted by molar-refractivity contribution is -0.119. The van der Waals surface area contributed by atoms with Crippen molar-refractivity contribution in [1.82, 2.24) is 15.6 Å². The van der Waals surface area contributed by atoms with Crippen LogP contribution in [0.15, 0.2) is 24.5 Å². The van der Waals surface area contributed by atoms with Gasteiger partial charge >= 0.3 is 0 Å². The van der Waals surface area contributed by atoms with Gasteiger partial charge in [0.1, 0.15) is 0 Å². The molecule has 92 valence electrons. The van der Waals surface area contributed by atoms with Crippen LogP contribution in [0.25, 0.3) is 0 Å². The van der Waals surface area contributed by atoms with Gasteiger partial charge in [0.15, 0.2) is 5.11 Å². The molecule has 1 amide bonds. The zero-order chi connectivity index (χ0) is 12.5. The van der Waals surface area contributed by atoms with E-state index in [4.69, 9.17) is 12.2 Å². The largest absolute Gasteiger partial charge is 0.358 e. The molecule has 0 aromatic carbocycles. The highest BCUT2D eigenvalue weighted by atomic mass is 32.1. The second-order valence-corrected chi connectivity index (χ2v) is 4.10. The molecule has 4 nitrogen and oxygen atoms in total. The van der Waals surface area contributed by atoms with E-state index in [1.165, 1.54) is 0 Å². The Hall–Kier alpha value is -1.49. The van der Waals surface area contributed by atoms with Crippen LogP contribution >= 0.6 is 12.2 Å². The molecular weight excluding hydrogens is 234 g/mol. The van der Waals surface area contributed by atoms with Crippen molar-refractivity contribution in [2.24, 2.45) is 0 Å². The number of pyridine rings is 1. The molecule has 0 bridgehead atoms. The quantitative estimate of drug-likeness (QED) is 0.783. The zero-order valence-electron chi connectivity index (χ0n) is 9.90. The Kier molecular flexibility index (Phi) is 6.17. The summed E-state index contributed by atoms with van der Waals surface area (Å²) in [4.78, 5) is 15.4. The average molecular weight is 251 g/mol. The molecule has 0 saturated carbocycles. The number of carbonyl (C=O) groups excluding carboxylic acids is 1. The summed E-state index contributed by atoms with van der Waals surface area (Å²) in [5, 5.41) is 5.98. The summed E-state index contributed by atoms with van der Waals surface area (Å²) >= 11 is 5.02. The van der Waals surface area contributed by atoms with E-state index in [-0.39, 0.29) is 5.91 Å². The van der Waals surface area contributed by atoms with Crippen LogP contribution in [-0.2, 0) is 11.3 Å². The predicted molar refractivity (Wildman–Crippen MR) is 71.3 cm³/mol. The monoisotopic (exact) mass is 251 g/mol. The highest BCUT2D eigenvalue weighted by molar-refractivity contribution is 7.80. The van der Waals surface area contributed by atoms with Crippen LogP contribution in [0.2, 0.25) is 0 Å². The Balaban J connectivity index is 2.24. The molecule has 0 aliphatic heterocycles. The number of amides is 1. The Morgan fingerprint density at radius 2 is 2.35 bits per heavy atom. The van der Waals surface area contributed by atoms with Crippen molar-refractivity contribution in [2.75, 3.05) is 0 Å². The highest BCUT2D eigenvalue weighted by Gasteiger charge is 2.03. The molecule has 0 aliphatic rings. The number of thiocarbonyl (C=S) groups is 1. The first-order valence-electron chi connectivity index (χ1n) is 5.69. The number of rotatable bonds is 5. The summed E-state index contributed by atoms with van der Waals surface area (Å²) in [6.45, 7) is 2.62. The van der Waals surface area contributed by atoms with E-state index in [1.54, 1.807) is 12.4 Å². The number of nitrogens with zero attached hydrogens (tertiary/aromatic N) is 1. The lowest BCUT2D eigenvalue weighted by Gasteiger charge is -2.08. The third-order valence-electron chi connectivity index (χ3n) is 2.19. The molecule has 1 aromatic heterocycles. The van der Waals surface area contributed by atoms with Crippen LogP contribution in [-0.4, -0.2) is 16.0 Å². The van der Waals surface area contributed by atoms with E-state index in [0.717, 1.165) is 18.4 Å². The Morgan fingerprint density at radius 3 is 3.00 bits per heavy atom. The zero-order valence-corrected chi connectivity index (χ0v) is 10.7. The van der Waals surface area contributed by atoms with Crippen molar-refractivity contribution in [3.05, 3.63) is 30.1 Å². The molecule has 0 atom stereocenters. The maximum Gasteiger partial charge on any atom is 0.226 e. The van der Waals surface area contributed by atoms with Crippen molar-refractivity contribution >= 4 is 23.2 Å². The van der Waals surface area contributed by atoms with Gasteiger partial charge in [0.05, 0.1) is 0 Å². The third-order valence-corrected chi connectivity index (χ3v) is 2.43. The molecule has 0 aliphatic carbocycles. The topological polar surface area (TPSA) is 54.0 Å². The number of carbonyl (C=O) groups is 1. The Morgan fingerprint density at radius 1 is 1.53 bits per heavy atom. The van der Waals surface area contributed by atoms with Crippen molar-refractivity contribution < 1.29 is 4.79 Å². The second kappa shape index (κ2) is 7.73. The fourth-order valence-electron chi connectivity index (χ4n) is 1.26. The van der Waals surface area contributed by atoms with Crippen molar-refractivity contribution in [2.45, 2.75) is 32.7 Å². The fraction of sp³-hybridized carbons (Fsp3) is 0.417. The van der Waals surface area contributed by atoms with Gasteiger partial charge in [0.2, 0.25) is 5.91 Å². The maximum absolute atomic E-state index is 11.4. The van der Waals surface area contributed by atoms with Gasteiger partial charge < -0.3 is 10.6 Å². The molecule has 1 rings (SSSR count). The summed E-state index contributed by atoms with van der Waals surface area (Å²) in [6, 6.07) is 3.81. The van der Waals surface area contributed by atoms with E-state index in [2.05, 4.69) is 15.6 Å². The normalized spacial score (nSPS) is 9.71. The lowest BCUT2D eigenvalue weighted by Crippen LogP contribution is -2.38. The van der Waals surface area contributed by atoms with Crippen LogP contribution in [0.3, 0.4) is 0 Å². The highest BCUT2D eigenvalue weighted by Crippen LogP contribution is 1.95. The summed E-state index contributed by atoms with van der Waals surface area (Å²) in [5.41, 5.74) is 1.03. The molecule has 17 heavy (non-hydrogen) atoms. The smallest absolute Gasteiger partial charge is 0.226 e. The molecule has 0 radical (unpaired) electrons. The van der Waals surface area contributed by atoms with E-state index in [1.807, 2.05) is 19.1 Å². The van der Waals surface area contributed by atoms with Crippen LogP contribution in [0, 0.1) is 0 Å². The first-order valence-corrected chi connectivity index (χ1v) is 6.09. The van der Waals surface area contributed by atoms with Gasteiger partial charge in [-0.1, -0.05) is 19.4 Å². The molecule has 2 N–H and O–H groups in total. The molecule has 0 saturated heterocycles. The van der Waals surface area contributed by atoms with Gasteiger partial charge in [-0.05, 0) is 30.3 Å². The molecule has 0 spiro atoms. The molecule has 0 unspecified atom stereocenters. The Bertz CT molecular complexity index is 367. The molecule has 0 fully saturated rings. The van der Waals surface area contributed by atoms with Gasteiger partial charge in [-0.15, -0.1) is 0 Å². The summed E-state index contributed by atoms with van der Waals surface area (Å²) in [7, 11) is 0. The van der Waals surface area contributed by atoms with E-state index >= 15 is 0 Å². The minimum atomic E-state index is -0.0319. The van der Waals surface area contributed by atoms with Gasteiger partial charge in [0, 0.05) is 25.4 Å². The average Bonchev–Trinajstić information content (AvgIpc) is 2.35. The van der Waals surface area contributed by atoms with Gasteiger partial charge in [0.25, 0.3) is 0 Å². The second-order valence-electron chi connectivity index (χ2n) is 3.70. The SMILES string of the molecule is CCCCC(=O)NC(=S)NCc1cccnc1. The van der Waals surface area contributed by atoms with E-state index in [0.29, 0.717) is 18.1 Å². The Labute approximate surface area is 107 Å². The van der Waals surface area contributed by atoms with E-state index in [9.17, 15) is 4.79 Å². The maximum atomic E-state index is 11.4. The van der Waals surface area contributed by atoms with Crippen molar-refractivity contribution in [3.8, 4) is 0 Å². The van der Waals surface area contributed by atoms with Gasteiger partial charge in [-0.2, -0.15) is 0 Å². The summed E-state index contributed by atoms with van der Waals surface area (Å²) < 4.78 is 0. The number of hydrogen-bond donors (Lipinski definition) is 2. The van der Waals surface area contributed by atoms with Crippen LogP contribution in [0.5, 0.6) is 0 Å².